The lowest BCUT2D eigenvalue weighted by Gasteiger charge is -2.37. The Balaban J connectivity index is 2.38. The van der Waals surface area contributed by atoms with E-state index in [1.165, 1.54) is 13.0 Å². The predicted octanol–water partition coefficient (Wildman–Crippen LogP) is 2.64. The molecule has 1 heterocycles. The van der Waals surface area contributed by atoms with Crippen molar-refractivity contribution in [1.29, 1.82) is 0 Å². The van der Waals surface area contributed by atoms with E-state index in [1.807, 2.05) is 18.7 Å². The molecule has 0 unspecified atom stereocenters. The summed E-state index contributed by atoms with van der Waals surface area (Å²) in [4.78, 5) is 13.6. The number of hydrogen-bond donors (Lipinski definition) is 0. The van der Waals surface area contributed by atoms with Gasteiger partial charge in [0.25, 0.3) is 0 Å². The number of carbonyl (C=O) groups excluding carboxylic acids is 1. The monoisotopic (exact) mass is 251 g/mol. The molecule has 0 aromatic heterocycles. The van der Waals surface area contributed by atoms with Gasteiger partial charge in [0, 0.05) is 13.1 Å². The van der Waals surface area contributed by atoms with Gasteiger partial charge >= 0.3 is 0 Å². The van der Waals surface area contributed by atoms with Crippen molar-refractivity contribution in [3.63, 3.8) is 0 Å². The van der Waals surface area contributed by atoms with Crippen molar-refractivity contribution < 1.29 is 13.9 Å². The molecule has 0 radical (unpaired) electrons. The zero-order valence-electron chi connectivity index (χ0n) is 10.9. The summed E-state index contributed by atoms with van der Waals surface area (Å²) in [7, 11) is 0. The molecular formula is C14H18FNO2. The molecule has 1 fully saturated rings. The maximum atomic E-state index is 13.8. The summed E-state index contributed by atoms with van der Waals surface area (Å²) in [5.41, 5.74) is 0.850. The molecule has 0 saturated carbocycles. The Bertz CT molecular complexity index is 451. The summed E-state index contributed by atoms with van der Waals surface area (Å²) < 4.78 is 19.4. The summed E-state index contributed by atoms with van der Waals surface area (Å²) in [5.74, 6) is -0.693. The van der Waals surface area contributed by atoms with E-state index in [4.69, 9.17) is 4.74 Å². The highest BCUT2D eigenvalue weighted by atomic mass is 19.1. The van der Waals surface area contributed by atoms with Crippen LogP contribution in [0.2, 0.25) is 0 Å². The Morgan fingerprint density at radius 1 is 1.33 bits per heavy atom. The first-order valence-corrected chi connectivity index (χ1v) is 6.19. The number of morpholine rings is 1. The lowest BCUT2D eigenvalue weighted by atomic mass is 10.1. The van der Waals surface area contributed by atoms with Gasteiger partial charge in [0.05, 0.1) is 23.5 Å². The molecule has 0 bridgehead atoms. The van der Waals surface area contributed by atoms with Gasteiger partial charge < -0.3 is 9.64 Å². The maximum absolute atomic E-state index is 13.8. The standard InChI is InChI=1S/C14H18FNO2/c1-9-7-16(8-10(2)18-9)13-6-4-5-12(15)14(13)11(3)17/h4-6,9-10H,7-8H2,1-3H3/t9-,10+. The van der Waals surface area contributed by atoms with Gasteiger partial charge in [-0.2, -0.15) is 0 Å². The fourth-order valence-corrected chi connectivity index (χ4v) is 2.50. The van der Waals surface area contributed by atoms with Crippen molar-refractivity contribution >= 4 is 11.5 Å². The predicted molar refractivity (Wildman–Crippen MR) is 68.6 cm³/mol. The fourth-order valence-electron chi connectivity index (χ4n) is 2.50. The summed E-state index contributed by atoms with van der Waals surface area (Å²) >= 11 is 0. The third kappa shape index (κ3) is 2.53. The molecule has 2 atom stereocenters. The van der Waals surface area contributed by atoms with Gasteiger partial charge in [-0.1, -0.05) is 6.07 Å². The first-order chi connectivity index (χ1) is 8.49. The van der Waals surface area contributed by atoms with Crippen LogP contribution < -0.4 is 4.90 Å². The summed E-state index contributed by atoms with van der Waals surface area (Å²) in [6, 6.07) is 4.76. The van der Waals surface area contributed by atoms with E-state index in [1.54, 1.807) is 12.1 Å². The van der Waals surface area contributed by atoms with E-state index >= 15 is 0 Å². The molecule has 0 spiro atoms. The van der Waals surface area contributed by atoms with Crippen LogP contribution in [0.3, 0.4) is 0 Å². The highest BCUT2D eigenvalue weighted by molar-refractivity contribution is 6.00. The third-order valence-electron chi connectivity index (χ3n) is 3.10. The highest BCUT2D eigenvalue weighted by Crippen LogP contribution is 2.26. The topological polar surface area (TPSA) is 29.5 Å². The van der Waals surface area contributed by atoms with E-state index < -0.39 is 5.82 Å². The molecule has 0 aliphatic carbocycles. The molecule has 1 aliphatic rings. The maximum Gasteiger partial charge on any atom is 0.164 e. The van der Waals surface area contributed by atoms with Crippen LogP contribution in [0, 0.1) is 5.82 Å². The molecule has 4 heteroatoms. The van der Waals surface area contributed by atoms with E-state index in [0.717, 1.165) is 0 Å². The largest absolute Gasteiger partial charge is 0.372 e. The number of ether oxygens (including phenoxy) is 1. The Hall–Kier alpha value is -1.42. The molecule has 1 aromatic rings. The molecular weight excluding hydrogens is 233 g/mol. The number of carbonyl (C=O) groups is 1. The quantitative estimate of drug-likeness (QED) is 0.757. The Kier molecular flexibility index (Phi) is 3.66. The molecule has 1 saturated heterocycles. The first kappa shape index (κ1) is 13.0. The lowest BCUT2D eigenvalue weighted by Crippen LogP contribution is -2.46. The van der Waals surface area contributed by atoms with Crippen LogP contribution >= 0.6 is 0 Å². The van der Waals surface area contributed by atoms with E-state index in [0.29, 0.717) is 18.8 Å². The van der Waals surface area contributed by atoms with Crippen LogP contribution in [-0.2, 0) is 4.74 Å². The second-order valence-corrected chi connectivity index (χ2v) is 4.85. The van der Waals surface area contributed by atoms with Crippen molar-refractivity contribution in [2.75, 3.05) is 18.0 Å². The normalized spacial score (nSPS) is 24.1. The number of Topliss-reactive ketones (excluding diaryl/α,β-unsaturated/α-hetero) is 1. The molecule has 0 amide bonds. The van der Waals surface area contributed by atoms with Crippen LogP contribution in [0.4, 0.5) is 10.1 Å². The third-order valence-corrected chi connectivity index (χ3v) is 3.10. The van der Waals surface area contributed by atoms with Crippen molar-refractivity contribution in [2.45, 2.75) is 33.0 Å². The van der Waals surface area contributed by atoms with Crippen molar-refractivity contribution in [2.24, 2.45) is 0 Å². The van der Waals surface area contributed by atoms with Gasteiger partial charge in [0.1, 0.15) is 5.82 Å². The van der Waals surface area contributed by atoms with E-state index in [9.17, 15) is 9.18 Å². The molecule has 1 aromatic carbocycles. The van der Waals surface area contributed by atoms with E-state index in [-0.39, 0.29) is 23.6 Å². The van der Waals surface area contributed by atoms with Crippen LogP contribution in [-0.4, -0.2) is 31.1 Å². The Morgan fingerprint density at radius 3 is 2.50 bits per heavy atom. The van der Waals surface area contributed by atoms with Crippen molar-refractivity contribution in [3.8, 4) is 0 Å². The smallest absolute Gasteiger partial charge is 0.164 e. The highest BCUT2D eigenvalue weighted by Gasteiger charge is 2.25. The number of benzene rings is 1. The van der Waals surface area contributed by atoms with Gasteiger partial charge in [-0.15, -0.1) is 0 Å². The first-order valence-electron chi connectivity index (χ1n) is 6.19. The zero-order valence-corrected chi connectivity index (χ0v) is 10.9. The SMILES string of the molecule is CC(=O)c1c(F)cccc1N1C[C@@H](C)O[C@@H](C)C1. The van der Waals surface area contributed by atoms with Gasteiger partial charge in [-0.25, -0.2) is 4.39 Å². The number of ketones is 1. The minimum absolute atomic E-state index is 0.0804. The second kappa shape index (κ2) is 5.06. The number of rotatable bonds is 2. The Labute approximate surface area is 107 Å². The minimum Gasteiger partial charge on any atom is -0.372 e. The number of hydrogen-bond acceptors (Lipinski definition) is 3. The lowest BCUT2D eigenvalue weighted by molar-refractivity contribution is -0.00528. The molecule has 2 rings (SSSR count). The molecule has 1 aliphatic heterocycles. The van der Waals surface area contributed by atoms with Gasteiger partial charge in [0.2, 0.25) is 0 Å². The van der Waals surface area contributed by atoms with Crippen LogP contribution in [0.25, 0.3) is 0 Å². The average molecular weight is 251 g/mol. The second-order valence-electron chi connectivity index (χ2n) is 4.85. The Morgan fingerprint density at radius 2 is 1.94 bits per heavy atom. The average Bonchev–Trinajstić information content (AvgIpc) is 2.26. The summed E-state index contributed by atoms with van der Waals surface area (Å²) in [5, 5.41) is 0. The number of anilines is 1. The van der Waals surface area contributed by atoms with Gasteiger partial charge in [-0.05, 0) is 32.9 Å². The summed E-state index contributed by atoms with van der Waals surface area (Å²) in [6.45, 7) is 6.71. The molecule has 0 N–H and O–H groups in total. The summed E-state index contributed by atoms with van der Waals surface area (Å²) in [6.07, 6.45) is 0.161. The van der Waals surface area contributed by atoms with E-state index in [2.05, 4.69) is 0 Å². The number of nitrogens with zero attached hydrogens (tertiary/aromatic N) is 1. The van der Waals surface area contributed by atoms with Crippen LogP contribution in [0.15, 0.2) is 18.2 Å². The zero-order chi connectivity index (χ0) is 13.3. The minimum atomic E-state index is -0.452. The molecule has 18 heavy (non-hydrogen) atoms. The van der Waals surface area contributed by atoms with Gasteiger partial charge in [0.15, 0.2) is 5.78 Å². The van der Waals surface area contributed by atoms with Crippen molar-refractivity contribution in [1.82, 2.24) is 0 Å². The fraction of sp³-hybridized carbons (Fsp3) is 0.500. The van der Waals surface area contributed by atoms with Crippen molar-refractivity contribution in [3.05, 3.63) is 29.6 Å². The molecule has 3 nitrogen and oxygen atoms in total. The van der Waals surface area contributed by atoms with Crippen LogP contribution in [0.1, 0.15) is 31.1 Å². The van der Waals surface area contributed by atoms with Crippen LogP contribution in [0.5, 0.6) is 0 Å². The van der Waals surface area contributed by atoms with Gasteiger partial charge in [-0.3, -0.25) is 4.79 Å². The number of halogens is 1. The molecule has 98 valence electrons.